The molecule has 2 aromatic heterocycles. The maximum atomic E-state index is 11.3. The normalized spacial score (nSPS) is 20.2. The summed E-state index contributed by atoms with van der Waals surface area (Å²) in [5, 5.41) is 12.2. The van der Waals surface area contributed by atoms with Gasteiger partial charge in [0.15, 0.2) is 0 Å². The monoisotopic (exact) mass is 263 g/mol. The second-order valence-corrected chi connectivity index (χ2v) is 5.27. The van der Waals surface area contributed by atoms with Gasteiger partial charge >= 0.3 is 5.97 Å². The van der Waals surface area contributed by atoms with Crippen LogP contribution in [0.25, 0.3) is 10.2 Å². The fraction of sp³-hybridized carbons (Fsp3) is 0.417. The summed E-state index contributed by atoms with van der Waals surface area (Å²) >= 11 is 1.55. The molecule has 1 unspecified atom stereocenters. The predicted octanol–water partition coefficient (Wildman–Crippen LogP) is 2.13. The van der Waals surface area contributed by atoms with Gasteiger partial charge in [0.1, 0.15) is 23.0 Å². The van der Waals surface area contributed by atoms with Crippen LogP contribution >= 0.6 is 11.3 Å². The van der Waals surface area contributed by atoms with Crippen LogP contribution in [0.4, 0.5) is 5.82 Å². The molecule has 0 bridgehead atoms. The zero-order valence-corrected chi connectivity index (χ0v) is 10.6. The number of rotatable bonds is 2. The smallest absolute Gasteiger partial charge is 0.326 e. The number of carboxylic acids is 1. The Labute approximate surface area is 108 Å². The summed E-state index contributed by atoms with van der Waals surface area (Å²) in [7, 11) is 0. The SMILES string of the molecule is O=C(O)C1CCCCN1c1ncnc2sccc12. The molecule has 5 nitrogen and oxygen atoms in total. The predicted molar refractivity (Wildman–Crippen MR) is 70.0 cm³/mol. The molecule has 0 aromatic carbocycles. The molecule has 1 fully saturated rings. The van der Waals surface area contributed by atoms with Crippen LogP contribution in [-0.2, 0) is 4.79 Å². The van der Waals surface area contributed by atoms with Crippen LogP contribution in [0.5, 0.6) is 0 Å². The minimum atomic E-state index is -0.767. The van der Waals surface area contributed by atoms with Crippen molar-refractivity contribution in [3.05, 3.63) is 17.8 Å². The van der Waals surface area contributed by atoms with Crippen LogP contribution in [0.15, 0.2) is 17.8 Å². The Bertz CT molecular complexity index is 583. The van der Waals surface area contributed by atoms with Crippen LogP contribution in [-0.4, -0.2) is 33.6 Å². The molecular weight excluding hydrogens is 250 g/mol. The van der Waals surface area contributed by atoms with E-state index in [4.69, 9.17) is 0 Å². The first kappa shape index (κ1) is 11.4. The van der Waals surface area contributed by atoms with Crippen LogP contribution in [0, 0.1) is 0 Å². The molecule has 3 rings (SSSR count). The number of carboxylic acid groups (broad SMARTS) is 1. The fourth-order valence-corrected chi connectivity index (χ4v) is 3.17. The lowest BCUT2D eigenvalue weighted by Crippen LogP contribution is -2.45. The first-order valence-electron chi connectivity index (χ1n) is 5.95. The number of nitrogens with zero attached hydrogens (tertiary/aromatic N) is 3. The van der Waals surface area contributed by atoms with Gasteiger partial charge in [0.2, 0.25) is 0 Å². The molecule has 2 aromatic rings. The molecule has 6 heteroatoms. The molecule has 0 amide bonds. The van der Waals surface area contributed by atoms with Gasteiger partial charge < -0.3 is 10.0 Å². The number of carbonyl (C=O) groups is 1. The summed E-state index contributed by atoms with van der Waals surface area (Å²) in [6.07, 6.45) is 4.18. The van der Waals surface area contributed by atoms with E-state index >= 15 is 0 Å². The van der Waals surface area contributed by atoms with Crippen molar-refractivity contribution in [1.82, 2.24) is 9.97 Å². The van der Waals surface area contributed by atoms with Crippen molar-refractivity contribution in [2.75, 3.05) is 11.4 Å². The molecular formula is C12H13N3O2S. The second kappa shape index (κ2) is 4.53. The zero-order chi connectivity index (χ0) is 12.5. The Morgan fingerprint density at radius 2 is 2.33 bits per heavy atom. The molecule has 18 heavy (non-hydrogen) atoms. The van der Waals surface area contributed by atoms with E-state index in [2.05, 4.69) is 9.97 Å². The quantitative estimate of drug-likeness (QED) is 0.899. The van der Waals surface area contributed by atoms with Crippen LogP contribution in [0.1, 0.15) is 19.3 Å². The molecule has 94 valence electrons. The number of aliphatic carboxylic acids is 1. The highest BCUT2D eigenvalue weighted by atomic mass is 32.1. The average molecular weight is 263 g/mol. The third-order valence-corrected chi connectivity index (χ3v) is 4.12. The van der Waals surface area contributed by atoms with Crippen LogP contribution < -0.4 is 4.90 Å². The Morgan fingerprint density at radius 3 is 3.17 bits per heavy atom. The van der Waals surface area contributed by atoms with Gasteiger partial charge in [0, 0.05) is 6.54 Å². The number of hydrogen-bond donors (Lipinski definition) is 1. The average Bonchev–Trinajstić information content (AvgIpc) is 2.86. The largest absolute Gasteiger partial charge is 0.480 e. The first-order chi connectivity index (χ1) is 8.77. The van der Waals surface area contributed by atoms with Crippen molar-refractivity contribution in [3.63, 3.8) is 0 Å². The van der Waals surface area contributed by atoms with Crippen molar-refractivity contribution >= 4 is 33.3 Å². The molecule has 1 aliphatic heterocycles. The molecule has 0 radical (unpaired) electrons. The first-order valence-corrected chi connectivity index (χ1v) is 6.83. The van der Waals surface area contributed by atoms with Gasteiger partial charge in [-0.05, 0) is 30.7 Å². The van der Waals surface area contributed by atoms with Gasteiger partial charge in [-0.25, -0.2) is 14.8 Å². The lowest BCUT2D eigenvalue weighted by atomic mass is 10.0. The molecule has 1 saturated heterocycles. The van der Waals surface area contributed by atoms with E-state index in [0.29, 0.717) is 6.42 Å². The maximum absolute atomic E-state index is 11.3. The van der Waals surface area contributed by atoms with E-state index in [1.165, 1.54) is 6.33 Å². The number of aromatic nitrogens is 2. The summed E-state index contributed by atoms with van der Waals surface area (Å²) in [4.78, 5) is 22.6. The van der Waals surface area contributed by atoms with Crippen molar-refractivity contribution in [1.29, 1.82) is 0 Å². The van der Waals surface area contributed by atoms with Gasteiger partial charge in [-0.3, -0.25) is 0 Å². The molecule has 0 aliphatic carbocycles. The van der Waals surface area contributed by atoms with Gasteiger partial charge in [-0.1, -0.05) is 0 Å². The van der Waals surface area contributed by atoms with Gasteiger partial charge in [0.05, 0.1) is 5.39 Å². The highest BCUT2D eigenvalue weighted by Crippen LogP contribution is 2.31. The summed E-state index contributed by atoms with van der Waals surface area (Å²) < 4.78 is 0. The summed E-state index contributed by atoms with van der Waals surface area (Å²) in [6, 6.07) is 1.50. The van der Waals surface area contributed by atoms with E-state index in [1.54, 1.807) is 11.3 Å². The van der Waals surface area contributed by atoms with E-state index in [9.17, 15) is 9.90 Å². The number of anilines is 1. The van der Waals surface area contributed by atoms with Crippen molar-refractivity contribution < 1.29 is 9.90 Å². The molecule has 0 saturated carbocycles. The van der Waals surface area contributed by atoms with E-state index in [1.807, 2.05) is 16.3 Å². The molecule has 1 aliphatic rings. The number of thiophene rings is 1. The number of hydrogen-bond acceptors (Lipinski definition) is 5. The lowest BCUT2D eigenvalue weighted by molar-refractivity contribution is -0.139. The number of piperidine rings is 1. The highest BCUT2D eigenvalue weighted by molar-refractivity contribution is 7.16. The Kier molecular flexibility index (Phi) is 2.87. The Hall–Kier alpha value is -1.69. The fourth-order valence-electron chi connectivity index (χ4n) is 2.45. The van der Waals surface area contributed by atoms with Crippen LogP contribution in [0.3, 0.4) is 0 Å². The summed E-state index contributed by atoms with van der Waals surface area (Å²) in [6.45, 7) is 0.749. The minimum absolute atomic E-state index is 0.461. The summed E-state index contributed by atoms with van der Waals surface area (Å²) in [5.41, 5.74) is 0. The van der Waals surface area contributed by atoms with Crippen molar-refractivity contribution in [2.24, 2.45) is 0 Å². The highest BCUT2D eigenvalue weighted by Gasteiger charge is 2.30. The second-order valence-electron chi connectivity index (χ2n) is 4.38. The van der Waals surface area contributed by atoms with Crippen molar-refractivity contribution in [2.45, 2.75) is 25.3 Å². The topological polar surface area (TPSA) is 66.3 Å². The molecule has 1 atom stereocenters. The third kappa shape index (κ3) is 1.82. The summed E-state index contributed by atoms with van der Waals surface area (Å²) in [5.74, 6) is -0.00922. The molecule has 0 spiro atoms. The number of fused-ring (bicyclic) bond motifs is 1. The van der Waals surface area contributed by atoms with E-state index in [0.717, 1.165) is 35.4 Å². The van der Waals surface area contributed by atoms with E-state index < -0.39 is 12.0 Å². The van der Waals surface area contributed by atoms with Crippen LogP contribution in [0.2, 0.25) is 0 Å². The lowest BCUT2D eigenvalue weighted by Gasteiger charge is -2.34. The maximum Gasteiger partial charge on any atom is 0.326 e. The molecule has 1 N–H and O–H groups in total. The van der Waals surface area contributed by atoms with Crippen molar-refractivity contribution in [3.8, 4) is 0 Å². The van der Waals surface area contributed by atoms with E-state index in [-0.39, 0.29) is 0 Å². The molecule has 3 heterocycles. The van der Waals surface area contributed by atoms with Gasteiger partial charge in [0.25, 0.3) is 0 Å². The third-order valence-electron chi connectivity index (χ3n) is 3.30. The Morgan fingerprint density at radius 1 is 1.44 bits per heavy atom. The Balaban J connectivity index is 2.06. The van der Waals surface area contributed by atoms with Gasteiger partial charge in [-0.2, -0.15) is 0 Å². The van der Waals surface area contributed by atoms with Gasteiger partial charge in [-0.15, -0.1) is 11.3 Å². The standard InChI is InChI=1S/C12H13N3O2S/c16-12(17)9-3-1-2-5-15(9)10-8-4-6-18-11(8)14-7-13-10/h4,6-7,9H,1-3,5H2,(H,16,17). The zero-order valence-electron chi connectivity index (χ0n) is 9.74. The minimum Gasteiger partial charge on any atom is -0.480 e.